The van der Waals surface area contributed by atoms with E-state index in [1.807, 2.05) is 38.1 Å². The zero-order chi connectivity index (χ0) is 21.3. The third kappa shape index (κ3) is 3.54. The van der Waals surface area contributed by atoms with Gasteiger partial charge < -0.3 is 9.52 Å². The van der Waals surface area contributed by atoms with Crippen LogP contribution in [0, 0.1) is 0 Å². The molecule has 30 heavy (non-hydrogen) atoms. The molecule has 1 atom stereocenters. The van der Waals surface area contributed by atoms with Gasteiger partial charge in [-0.25, -0.2) is 0 Å². The Labute approximate surface area is 181 Å². The average Bonchev–Trinajstić information content (AvgIpc) is 3.49. The summed E-state index contributed by atoms with van der Waals surface area (Å²) >= 11 is 2.76. The number of furan rings is 1. The first-order valence-electron chi connectivity index (χ1n) is 9.45. The largest absolute Gasteiger partial charge is 0.503 e. The van der Waals surface area contributed by atoms with E-state index < -0.39 is 23.5 Å². The number of anilines is 1. The second-order valence-electron chi connectivity index (χ2n) is 6.53. The van der Waals surface area contributed by atoms with Crippen LogP contribution in [0.2, 0.25) is 0 Å². The molecular weight excluding hydrogens is 422 g/mol. The third-order valence-corrected chi connectivity index (χ3v) is 6.71. The predicted octanol–water partition coefficient (Wildman–Crippen LogP) is 4.59. The molecule has 0 unspecified atom stereocenters. The smallest absolute Gasteiger partial charge is 0.296 e. The Hall–Kier alpha value is -2.91. The van der Waals surface area contributed by atoms with E-state index in [2.05, 4.69) is 10.2 Å². The van der Waals surface area contributed by atoms with E-state index in [0.29, 0.717) is 15.0 Å². The van der Waals surface area contributed by atoms with E-state index >= 15 is 0 Å². The first-order chi connectivity index (χ1) is 14.5. The molecule has 1 aromatic carbocycles. The second kappa shape index (κ2) is 8.45. The molecule has 3 aromatic rings. The second-order valence-corrected chi connectivity index (χ2v) is 8.99. The quantitative estimate of drug-likeness (QED) is 0.325. The molecule has 9 heteroatoms. The van der Waals surface area contributed by atoms with Gasteiger partial charge in [-0.3, -0.25) is 14.5 Å². The molecule has 1 aliphatic heterocycles. The first kappa shape index (κ1) is 20.4. The lowest BCUT2D eigenvalue weighted by Crippen LogP contribution is -2.31. The minimum atomic E-state index is -0.826. The molecule has 2 aromatic heterocycles. The molecule has 0 radical (unpaired) electrons. The molecule has 0 saturated heterocycles. The van der Waals surface area contributed by atoms with Crippen LogP contribution < -0.4 is 4.90 Å². The van der Waals surface area contributed by atoms with Gasteiger partial charge in [0.15, 0.2) is 15.9 Å². The van der Waals surface area contributed by atoms with Gasteiger partial charge >= 0.3 is 0 Å². The molecule has 0 fully saturated rings. The number of Topliss-reactive ketones (excluding diaryl/α,β-unsaturated/α-hetero) is 1. The summed E-state index contributed by atoms with van der Waals surface area (Å²) in [5.41, 5.74) is 1.79. The minimum Gasteiger partial charge on any atom is -0.503 e. The maximum Gasteiger partial charge on any atom is 0.296 e. The normalized spacial score (nSPS) is 16.5. The molecule has 1 aliphatic rings. The van der Waals surface area contributed by atoms with Crippen molar-refractivity contribution in [1.82, 2.24) is 10.2 Å². The Morgan fingerprint density at radius 3 is 2.63 bits per heavy atom. The number of hydrogen-bond donors (Lipinski definition) is 1. The fourth-order valence-electron chi connectivity index (χ4n) is 3.31. The number of benzene rings is 1. The van der Waals surface area contributed by atoms with E-state index in [-0.39, 0.29) is 11.3 Å². The summed E-state index contributed by atoms with van der Waals surface area (Å²) in [6, 6.07) is 9.88. The van der Waals surface area contributed by atoms with Crippen molar-refractivity contribution in [3.05, 3.63) is 70.9 Å². The number of aliphatic hydroxyl groups is 1. The summed E-state index contributed by atoms with van der Waals surface area (Å²) in [6.07, 6.45) is 2.24. The van der Waals surface area contributed by atoms with Gasteiger partial charge in [0.2, 0.25) is 10.9 Å². The third-order valence-electron chi connectivity index (χ3n) is 4.77. The summed E-state index contributed by atoms with van der Waals surface area (Å²) in [5.74, 6) is -0.943. The number of carbonyl (C=O) groups excluding carboxylic acids is 2. The Balaban J connectivity index is 1.82. The van der Waals surface area contributed by atoms with Crippen molar-refractivity contribution in [2.24, 2.45) is 0 Å². The minimum absolute atomic E-state index is 0.0286. The lowest BCUT2D eigenvalue weighted by molar-refractivity contribution is -0.117. The standard InChI is InChI=1S/C21H19N3O4S2/c1-3-12-7-9-13(10-8-12)16-15(17(25)14-6-5-11-28-14)18(26)19(27)24(16)20-22-23-21(30-20)29-4-2/h5-11,16,26H,3-4H2,1-2H3/t16-/m0/s1. The lowest BCUT2D eigenvalue weighted by Gasteiger charge is -2.24. The Bertz CT molecular complexity index is 1100. The molecule has 0 spiro atoms. The van der Waals surface area contributed by atoms with Crippen molar-refractivity contribution in [1.29, 1.82) is 0 Å². The van der Waals surface area contributed by atoms with E-state index in [9.17, 15) is 14.7 Å². The molecule has 0 bridgehead atoms. The highest BCUT2D eigenvalue weighted by molar-refractivity contribution is 8.01. The summed E-state index contributed by atoms with van der Waals surface area (Å²) in [6.45, 7) is 4.05. The van der Waals surface area contributed by atoms with Crippen LogP contribution in [0.5, 0.6) is 0 Å². The average molecular weight is 442 g/mol. The van der Waals surface area contributed by atoms with Gasteiger partial charge in [0.25, 0.3) is 5.91 Å². The van der Waals surface area contributed by atoms with Crippen LogP contribution in [0.25, 0.3) is 0 Å². The highest BCUT2D eigenvalue weighted by Crippen LogP contribution is 2.43. The summed E-state index contributed by atoms with van der Waals surface area (Å²) in [7, 11) is 0. The van der Waals surface area contributed by atoms with Crippen LogP contribution in [0.15, 0.2) is 62.8 Å². The highest BCUT2D eigenvalue weighted by atomic mass is 32.2. The number of thioether (sulfide) groups is 1. The van der Waals surface area contributed by atoms with Crippen LogP contribution in [-0.2, 0) is 11.2 Å². The number of aryl methyl sites for hydroxylation is 1. The maximum atomic E-state index is 13.1. The van der Waals surface area contributed by atoms with E-state index in [1.165, 1.54) is 40.3 Å². The van der Waals surface area contributed by atoms with Crippen LogP contribution in [0.1, 0.15) is 41.6 Å². The number of amides is 1. The van der Waals surface area contributed by atoms with Gasteiger partial charge in [-0.1, -0.05) is 61.2 Å². The summed E-state index contributed by atoms with van der Waals surface area (Å²) < 4.78 is 5.95. The molecule has 0 aliphatic carbocycles. The Kier molecular flexibility index (Phi) is 5.74. The molecule has 3 heterocycles. The van der Waals surface area contributed by atoms with Gasteiger partial charge in [0.1, 0.15) is 0 Å². The van der Waals surface area contributed by atoms with E-state index in [1.54, 1.807) is 6.07 Å². The van der Waals surface area contributed by atoms with Crippen molar-refractivity contribution < 1.29 is 19.1 Å². The highest BCUT2D eigenvalue weighted by Gasteiger charge is 2.46. The maximum absolute atomic E-state index is 13.1. The zero-order valence-corrected chi connectivity index (χ0v) is 18.0. The number of aromatic nitrogens is 2. The fraction of sp³-hybridized carbons (Fsp3) is 0.238. The van der Waals surface area contributed by atoms with Gasteiger partial charge in [-0.15, -0.1) is 10.2 Å². The Morgan fingerprint density at radius 2 is 2.00 bits per heavy atom. The number of rotatable bonds is 7. The molecule has 1 amide bonds. The van der Waals surface area contributed by atoms with Gasteiger partial charge in [0.05, 0.1) is 17.9 Å². The number of carbonyl (C=O) groups is 2. The van der Waals surface area contributed by atoms with Crippen molar-refractivity contribution in [2.75, 3.05) is 10.7 Å². The number of aliphatic hydroxyl groups excluding tert-OH is 1. The van der Waals surface area contributed by atoms with Crippen molar-refractivity contribution in [3.8, 4) is 0 Å². The van der Waals surface area contributed by atoms with Crippen molar-refractivity contribution in [2.45, 2.75) is 30.6 Å². The number of hydrogen-bond acceptors (Lipinski definition) is 8. The monoisotopic (exact) mass is 441 g/mol. The Morgan fingerprint density at radius 1 is 1.23 bits per heavy atom. The van der Waals surface area contributed by atoms with Crippen molar-refractivity contribution in [3.63, 3.8) is 0 Å². The fourth-order valence-corrected chi connectivity index (χ4v) is 5.07. The first-order valence-corrected chi connectivity index (χ1v) is 11.2. The van der Waals surface area contributed by atoms with E-state index in [4.69, 9.17) is 4.42 Å². The van der Waals surface area contributed by atoms with Gasteiger partial charge in [-0.05, 0) is 35.4 Å². The van der Waals surface area contributed by atoms with Crippen LogP contribution in [0.4, 0.5) is 5.13 Å². The molecule has 0 saturated carbocycles. The lowest BCUT2D eigenvalue weighted by atomic mass is 9.94. The van der Waals surface area contributed by atoms with Gasteiger partial charge in [-0.2, -0.15) is 0 Å². The van der Waals surface area contributed by atoms with E-state index in [0.717, 1.165) is 17.7 Å². The predicted molar refractivity (Wildman–Crippen MR) is 115 cm³/mol. The molecule has 7 nitrogen and oxygen atoms in total. The van der Waals surface area contributed by atoms with Crippen LogP contribution in [0.3, 0.4) is 0 Å². The molecule has 1 N–H and O–H groups in total. The molecule has 4 rings (SSSR count). The number of ketones is 1. The van der Waals surface area contributed by atoms with Gasteiger partial charge in [0, 0.05) is 0 Å². The zero-order valence-electron chi connectivity index (χ0n) is 16.4. The van der Waals surface area contributed by atoms with Crippen LogP contribution in [-0.4, -0.2) is 32.7 Å². The molecular formula is C21H19N3O4S2. The SMILES string of the molecule is CCSc1nnc(N2C(=O)C(O)=C(C(=O)c3ccco3)[C@@H]2c2ccc(CC)cc2)s1. The summed E-state index contributed by atoms with van der Waals surface area (Å²) in [5, 5.41) is 19.3. The van der Waals surface area contributed by atoms with Crippen molar-refractivity contribution >= 4 is 39.9 Å². The van der Waals surface area contributed by atoms with Crippen LogP contribution >= 0.6 is 23.1 Å². The molecule has 154 valence electrons. The topological polar surface area (TPSA) is 96.5 Å². The number of nitrogens with zero attached hydrogens (tertiary/aromatic N) is 3. The summed E-state index contributed by atoms with van der Waals surface area (Å²) in [4.78, 5) is 27.5.